The summed E-state index contributed by atoms with van der Waals surface area (Å²) in [6.45, 7) is 0.212. The van der Waals surface area contributed by atoms with Crippen molar-refractivity contribution in [1.82, 2.24) is 0 Å². The van der Waals surface area contributed by atoms with Gasteiger partial charge in [0.25, 0.3) is 5.91 Å². The highest BCUT2D eigenvalue weighted by molar-refractivity contribution is 6.31. The second-order valence-electron chi connectivity index (χ2n) is 4.74. The van der Waals surface area contributed by atoms with Gasteiger partial charge in [-0.25, -0.2) is 4.39 Å². The molecule has 0 bridgehead atoms. The lowest BCUT2D eigenvalue weighted by molar-refractivity contribution is -0.116. The number of amides is 2. The maximum Gasteiger partial charge on any atom is 0.255 e. The maximum absolute atomic E-state index is 12.9. The smallest absolute Gasteiger partial charge is 0.255 e. The Labute approximate surface area is 137 Å². The van der Waals surface area contributed by atoms with E-state index >= 15 is 0 Å². The van der Waals surface area contributed by atoms with Gasteiger partial charge in [0.1, 0.15) is 5.82 Å². The monoisotopic (exact) mass is 335 g/mol. The van der Waals surface area contributed by atoms with Crippen molar-refractivity contribution in [3.05, 3.63) is 58.9 Å². The molecule has 0 fully saturated rings. The predicted molar refractivity (Wildman–Crippen MR) is 88.1 cm³/mol. The first-order valence-electron chi connectivity index (χ1n) is 6.86. The zero-order valence-electron chi connectivity index (χ0n) is 12.1. The number of rotatable bonds is 5. The molecule has 0 saturated heterocycles. The van der Waals surface area contributed by atoms with Crippen LogP contribution >= 0.6 is 11.6 Å². The highest BCUT2D eigenvalue weighted by Gasteiger charge is 2.12. The van der Waals surface area contributed by atoms with Gasteiger partial charge in [-0.3, -0.25) is 9.59 Å². The van der Waals surface area contributed by atoms with E-state index in [2.05, 4.69) is 10.6 Å². The highest BCUT2D eigenvalue weighted by atomic mass is 35.5. The molecule has 2 aromatic rings. The lowest BCUT2D eigenvalue weighted by Gasteiger charge is -2.13. The van der Waals surface area contributed by atoms with Crippen LogP contribution in [0.3, 0.4) is 0 Å². The van der Waals surface area contributed by atoms with Crippen LogP contribution in [0.25, 0.3) is 0 Å². The highest BCUT2D eigenvalue weighted by Crippen LogP contribution is 2.26. The minimum Gasteiger partial charge on any atom is -0.330 e. The van der Waals surface area contributed by atoms with E-state index in [9.17, 15) is 14.0 Å². The SMILES string of the molecule is NCCC(=O)Nc1cc(Cl)ccc1NC(=O)c1ccc(F)cc1. The van der Waals surface area contributed by atoms with Crippen LogP contribution in [0.5, 0.6) is 0 Å². The van der Waals surface area contributed by atoms with Gasteiger partial charge in [-0.05, 0) is 42.5 Å². The Morgan fingerprint density at radius 1 is 1.04 bits per heavy atom. The van der Waals surface area contributed by atoms with Crippen LogP contribution in [-0.2, 0) is 4.79 Å². The van der Waals surface area contributed by atoms with Gasteiger partial charge in [0.15, 0.2) is 0 Å². The standard InChI is InChI=1S/C16H15ClFN3O2/c17-11-3-6-13(14(9-11)20-15(22)7-8-19)21-16(23)10-1-4-12(18)5-2-10/h1-6,9H,7-8,19H2,(H,20,22)(H,21,23). The number of carbonyl (C=O) groups excluding carboxylic acids is 2. The van der Waals surface area contributed by atoms with Gasteiger partial charge < -0.3 is 16.4 Å². The molecule has 23 heavy (non-hydrogen) atoms. The molecule has 0 aliphatic heterocycles. The van der Waals surface area contributed by atoms with E-state index in [1.165, 1.54) is 30.3 Å². The van der Waals surface area contributed by atoms with Gasteiger partial charge in [-0.15, -0.1) is 0 Å². The molecule has 0 unspecified atom stereocenters. The Balaban J connectivity index is 2.19. The number of anilines is 2. The zero-order chi connectivity index (χ0) is 16.8. The molecule has 0 radical (unpaired) electrons. The van der Waals surface area contributed by atoms with E-state index in [-0.39, 0.29) is 18.9 Å². The van der Waals surface area contributed by atoms with Crippen molar-refractivity contribution < 1.29 is 14.0 Å². The van der Waals surface area contributed by atoms with Crippen molar-refractivity contribution in [2.75, 3.05) is 17.2 Å². The van der Waals surface area contributed by atoms with Gasteiger partial charge in [0, 0.05) is 23.6 Å². The Kier molecular flexibility index (Phi) is 5.67. The van der Waals surface area contributed by atoms with Crippen molar-refractivity contribution in [2.24, 2.45) is 5.73 Å². The van der Waals surface area contributed by atoms with Crippen LogP contribution < -0.4 is 16.4 Å². The topological polar surface area (TPSA) is 84.2 Å². The van der Waals surface area contributed by atoms with Gasteiger partial charge >= 0.3 is 0 Å². The summed E-state index contributed by atoms with van der Waals surface area (Å²) >= 11 is 5.92. The van der Waals surface area contributed by atoms with Crippen LogP contribution in [0, 0.1) is 5.82 Å². The fraction of sp³-hybridized carbons (Fsp3) is 0.125. The molecule has 0 aromatic heterocycles. The number of benzene rings is 2. The minimum atomic E-state index is -0.429. The third-order valence-corrected chi connectivity index (χ3v) is 3.22. The summed E-state index contributed by atoms with van der Waals surface area (Å²) in [5.41, 5.74) is 6.38. The number of hydrogen-bond donors (Lipinski definition) is 3. The lowest BCUT2D eigenvalue weighted by atomic mass is 10.2. The third kappa shape index (κ3) is 4.77. The van der Waals surface area contributed by atoms with E-state index in [0.29, 0.717) is 22.0 Å². The fourth-order valence-corrected chi connectivity index (χ4v) is 2.04. The second kappa shape index (κ2) is 7.71. The molecule has 120 valence electrons. The normalized spacial score (nSPS) is 10.2. The van der Waals surface area contributed by atoms with Crippen molar-refractivity contribution in [3.8, 4) is 0 Å². The summed E-state index contributed by atoms with van der Waals surface area (Å²) in [4.78, 5) is 23.9. The Morgan fingerprint density at radius 3 is 2.39 bits per heavy atom. The van der Waals surface area contributed by atoms with E-state index in [1.807, 2.05) is 0 Å². The molecule has 4 N–H and O–H groups in total. The number of nitrogens with two attached hydrogens (primary N) is 1. The molecule has 0 heterocycles. The average molecular weight is 336 g/mol. The molecule has 0 saturated carbocycles. The van der Waals surface area contributed by atoms with Crippen molar-refractivity contribution in [2.45, 2.75) is 6.42 Å². The quantitative estimate of drug-likeness (QED) is 0.785. The average Bonchev–Trinajstić information content (AvgIpc) is 2.50. The van der Waals surface area contributed by atoms with E-state index in [1.54, 1.807) is 12.1 Å². The van der Waals surface area contributed by atoms with Crippen molar-refractivity contribution in [1.29, 1.82) is 0 Å². The van der Waals surface area contributed by atoms with E-state index in [4.69, 9.17) is 17.3 Å². The Morgan fingerprint density at radius 2 is 1.74 bits per heavy atom. The number of halogens is 2. The lowest BCUT2D eigenvalue weighted by Crippen LogP contribution is -2.18. The number of carbonyl (C=O) groups is 2. The van der Waals surface area contributed by atoms with Crippen molar-refractivity contribution >= 4 is 34.8 Å². The Hall–Kier alpha value is -2.44. The first-order chi connectivity index (χ1) is 11.0. The molecule has 0 atom stereocenters. The molecular weight excluding hydrogens is 321 g/mol. The summed E-state index contributed by atoms with van der Waals surface area (Å²) in [5.74, 6) is -1.14. The first kappa shape index (κ1) is 16.9. The summed E-state index contributed by atoms with van der Waals surface area (Å²) < 4.78 is 12.9. The first-order valence-corrected chi connectivity index (χ1v) is 7.24. The van der Waals surface area contributed by atoms with Crippen LogP contribution in [0.15, 0.2) is 42.5 Å². The predicted octanol–water partition coefficient (Wildman–Crippen LogP) is 3.02. The third-order valence-electron chi connectivity index (χ3n) is 2.98. The Bertz CT molecular complexity index is 720. The summed E-state index contributed by atoms with van der Waals surface area (Å²) in [6, 6.07) is 9.81. The largest absolute Gasteiger partial charge is 0.330 e. The fourth-order valence-electron chi connectivity index (χ4n) is 1.87. The molecular formula is C16H15ClFN3O2. The molecule has 2 rings (SSSR count). The van der Waals surface area contributed by atoms with Crippen LogP contribution in [0.2, 0.25) is 5.02 Å². The molecule has 0 spiro atoms. The molecule has 0 aliphatic rings. The number of hydrogen-bond acceptors (Lipinski definition) is 3. The van der Waals surface area contributed by atoms with Gasteiger partial charge in [-0.2, -0.15) is 0 Å². The zero-order valence-corrected chi connectivity index (χ0v) is 12.9. The van der Waals surface area contributed by atoms with Crippen molar-refractivity contribution in [3.63, 3.8) is 0 Å². The summed E-state index contributed by atoms with van der Waals surface area (Å²) in [5, 5.41) is 5.71. The van der Waals surface area contributed by atoms with Gasteiger partial charge in [-0.1, -0.05) is 11.6 Å². The van der Waals surface area contributed by atoms with Crippen LogP contribution in [0.1, 0.15) is 16.8 Å². The minimum absolute atomic E-state index is 0.151. The van der Waals surface area contributed by atoms with E-state index < -0.39 is 11.7 Å². The molecule has 0 aliphatic carbocycles. The van der Waals surface area contributed by atoms with E-state index in [0.717, 1.165) is 0 Å². The second-order valence-corrected chi connectivity index (χ2v) is 5.17. The van der Waals surface area contributed by atoms with Crippen LogP contribution in [-0.4, -0.2) is 18.4 Å². The maximum atomic E-state index is 12.9. The summed E-state index contributed by atoms with van der Waals surface area (Å²) in [6.07, 6.45) is 0.151. The van der Waals surface area contributed by atoms with Crippen LogP contribution in [0.4, 0.5) is 15.8 Å². The molecule has 2 aromatic carbocycles. The van der Waals surface area contributed by atoms with Gasteiger partial charge in [0.05, 0.1) is 11.4 Å². The summed E-state index contributed by atoms with van der Waals surface area (Å²) in [7, 11) is 0. The molecule has 7 heteroatoms. The number of nitrogens with one attached hydrogen (secondary N) is 2. The molecule has 5 nitrogen and oxygen atoms in total. The van der Waals surface area contributed by atoms with Gasteiger partial charge in [0.2, 0.25) is 5.91 Å². The molecule has 2 amide bonds.